The summed E-state index contributed by atoms with van der Waals surface area (Å²) in [4.78, 5) is 39.3. The molecule has 0 aromatic rings. The maximum Gasteiger partial charge on any atom is 0.244 e. The van der Waals surface area contributed by atoms with Crippen molar-refractivity contribution in [2.24, 2.45) is 17.8 Å². The molecule has 0 saturated carbocycles. The number of nitrogens with one attached hydrogen (secondary N) is 3. The average Bonchev–Trinajstić information content (AvgIpc) is 2.66. The van der Waals surface area contributed by atoms with Gasteiger partial charge in [0.25, 0.3) is 0 Å². The number of morpholine rings is 1. The van der Waals surface area contributed by atoms with E-state index in [1.165, 1.54) is 0 Å². The molecule has 0 bridgehead atoms. The molecule has 2 atom stereocenters. The Hall–Kier alpha value is -1.71. The molecule has 0 spiro atoms. The van der Waals surface area contributed by atoms with Gasteiger partial charge in [-0.25, -0.2) is 5.48 Å². The van der Waals surface area contributed by atoms with E-state index in [2.05, 4.69) is 15.5 Å². The summed E-state index contributed by atoms with van der Waals surface area (Å²) in [5.74, 6) is -1.34. The van der Waals surface area contributed by atoms with Gasteiger partial charge in [0.1, 0.15) is 6.04 Å². The molecular weight excluding hydrogens is 376 g/mol. The standard InChI is InChI=1S/C20H38N4O5/c1-14(2)11-16(13-18(25)23-28)19(26)22-17(12-15(3)4)20(27)21-5-6-24-7-9-29-10-8-24/h14-17,28H,5-13H2,1-4H3,(H,21,27)(H,22,26)(H,23,25)/t16-,17+/m1/s1. The molecule has 4 N–H and O–H groups in total. The van der Waals surface area contributed by atoms with Crippen LogP contribution in [0.15, 0.2) is 0 Å². The first-order valence-corrected chi connectivity index (χ1v) is 10.5. The zero-order valence-electron chi connectivity index (χ0n) is 18.2. The molecule has 1 rings (SSSR count). The maximum atomic E-state index is 12.8. The van der Waals surface area contributed by atoms with E-state index >= 15 is 0 Å². The zero-order chi connectivity index (χ0) is 21.8. The molecule has 0 radical (unpaired) electrons. The molecule has 1 fully saturated rings. The van der Waals surface area contributed by atoms with Crippen LogP contribution in [0.1, 0.15) is 47.0 Å². The van der Waals surface area contributed by atoms with E-state index in [-0.39, 0.29) is 30.1 Å². The van der Waals surface area contributed by atoms with E-state index in [0.29, 0.717) is 32.6 Å². The predicted molar refractivity (Wildman–Crippen MR) is 109 cm³/mol. The fourth-order valence-electron chi connectivity index (χ4n) is 3.40. The number of carbonyl (C=O) groups excluding carboxylic acids is 3. The predicted octanol–water partition coefficient (Wildman–Crippen LogP) is 0.524. The molecule has 0 unspecified atom stereocenters. The van der Waals surface area contributed by atoms with Gasteiger partial charge in [0.15, 0.2) is 0 Å². The lowest BCUT2D eigenvalue weighted by molar-refractivity contribution is -0.136. The van der Waals surface area contributed by atoms with Gasteiger partial charge >= 0.3 is 0 Å². The smallest absolute Gasteiger partial charge is 0.244 e. The highest BCUT2D eigenvalue weighted by atomic mass is 16.5. The average molecular weight is 415 g/mol. The molecule has 1 aliphatic rings. The number of carbonyl (C=O) groups is 3. The van der Waals surface area contributed by atoms with Crippen molar-refractivity contribution in [2.75, 3.05) is 39.4 Å². The summed E-state index contributed by atoms with van der Waals surface area (Å²) < 4.78 is 5.32. The zero-order valence-corrected chi connectivity index (χ0v) is 18.2. The first-order chi connectivity index (χ1) is 13.7. The highest BCUT2D eigenvalue weighted by Crippen LogP contribution is 2.17. The summed E-state index contributed by atoms with van der Waals surface area (Å²) in [5, 5.41) is 14.5. The number of nitrogens with zero attached hydrogens (tertiary/aromatic N) is 1. The molecular formula is C20H38N4O5. The van der Waals surface area contributed by atoms with Crippen molar-refractivity contribution in [3.05, 3.63) is 0 Å². The van der Waals surface area contributed by atoms with Crippen LogP contribution in [0.3, 0.4) is 0 Å². The van der Waals surface area contributed by atoms with Crippen LogP contribution >= 0.6 is 0 Å². The van der Waals surface area contributed by atoms with Gasteiger partial charge in [0, 0.05) is 38.5 Å². The lowest BCUT2D eigenvalue weighted by Gasteiger charge is -2.27. The van der Waals surface area contributed by atoms with Crippen molar-refractivity contribution in [1.82, 2.24) is 21.0 Å². The Kier molecular flexibility index (Phi) is 11.8. The number of amides is 3. The van der Waals surface area contributed by atoms with Crippen LogP contribution in [0.25, 0.3) is 0 Å². The Morgan fingerprint density at radius 1 is 1.00 bits per heavy atom. The molecule has 9 nitrogen and oxygen atoms in total. The summed E-state index contributed by atoms with van der Waals surface area (Å²) in [7, 11) is 0. The van der Waals surface area contributed by atoms with E-state index in [1.54, 1.807) is 5.48 Å². The van der Waals surface area contributed by atoms with Gasteiger partial charge in [-0.05, 0) is 24.7 Å². The molecule has 0 aromatic carbocycles. The molecule has 9 heteroatoms. The molecule has 1 saturated heterocycles. The van der Waals surface area contributed by atoms with Crippen molar-refractivity contribution in [3.8, 4) is 0 Å². The summed E-state index contributed by atoms with van der Waals surface area (Å²) in [6.45, 7) is 12.3. The van der Waals surface area contributed by atoms with Crippen molar-refractivity contribution in [1.29, 1.82) is 0 Å². The van der Waals surface area contributed by atoms with E-state index in [0.717, 1.165) is 19.6 Å². The van der Waals surface area contributed by atoms with Crippen LogP contribution in [0, 0.1) is 17.8 Å². The summed E-state index contributed by atoms with van der Waals surface area (Å²) in [5.41, 5.74) is 1.58. The topological polar surface area (TPSA) is 120 Å². The summed E-state index contributed by atoms with van der Waals surface area (Å²) in [6, 6.07) is -0.654. The monoisotopic (exact) mass is 414 g/mol. The second-order valence-corrected chi connectivity index (χ2v) is 8.50. The van der Waals surface area contributed by atoms with E-state index < -0.39 is 17.9 Å². The fourth-order valence-corrected chi connectivity index (χ4v) is 3.40. The minimum atomic E-state index is -0.654. The first-order valence-electron chi connectivity index (χ1n) is 10.5. The normalized spacial score (nSPS) is 17.1. The minimum absolute atomic E-state index is 0.117. The maximum absolute atomic E-state index is 12.8. The number of hydrogen-bond donors (Lipinski definition) is 4. The number of ether oxygens (including phenoxy) is 1. The van der Waals surface area contributed by atoms with Crippen LogP contribution in [0.5, 0.6) is 0 Å². The van der Waals surface area contributed by atoms with Crippen molar-refractivity contribution < 1.29 is 24.3 Å². The van der Waals surface area contributed by atoms with Crippen LogP contribution in [0.2, 0.25) is 0 Å². The van der Waals surface area contributed by atoms with Crippen LogP contribution in [-0.2, 0) is 19.1 Å². The van der Waals surface area contributed by atoms with Gasteiger partial charge in [-0.15, -0.1) is 0 Å². The van der Waals surface area contributed by atoms with Gasteiger partial charge in [0.05, 0.1) is 13.2 Å². The molecule has 168 valence electrons. The van der Waals surface area contributed by atoms with Gasteiger partial charge < -0.3 is 15.4 Å². The number of hydrogen-bond acceptors (Lipinski definition) is 6. The number of rotatable bonds is 12. The fraction of sp³-hybridized carbons (Fsp3) is 0.850. The second-order valence-electron chi connectivity index (χ2n) is 8.50. The Morgan fingerprint density at radius 3 is 2.17 bits per heavy atom. The molecule has 1 aliphatic heterocycles. The second kappa shape index (κ2) is 13.5. The molecule has 29 heavy (non-hydrogen) atoms. The Morgan fingerprint density at radius 2 is 1.62 bits per heavy atom. The number of hydroxylamine groups is 1. The van der Waals surface area contributed by atoms with E-state index in [4.69, 9.17) is 9.94 Å². The third kappa shape index (κ3) is 10.6. The van der Waals surface area contributed by atoms with Crippen molar-refractivity contribution >= 4 is 17.7 Å². The molecule has 1 heterocycles. The Labute approximate surface area is 173 Å². The summed E-state index contributed by atoms with van der Waals surface area (Å²) >= 11 is 0. The van der Waals surface area contributed by atoms with E-state index in [1.807, 2.05) is 27.7 Å². The van der Waals surface area contributed by atoms with Gasteiger partial charge in [0.2, 0.25) is 17.7 Å². The van der Waals surface area contributed by atoms with E-state index in [9.17, 15) is 14.4 Å². The first kappa shape index (κ1) is 25.3. The third-order valence-corrected chi connectivity index (χ3v) is 4.85. The third-order valence-electron chi connectivity index (χ3n) is 4.85. The minimum Gasteiger partial charge on any atom is -0.379 e. The molecule has 0 aromatic heterocycles. The van der Waals surface area contributed by atoms with Crippen LogP contribution < -0.4 is 16.1 Å². The lowest BCUT2D eigenvalue weighted by atomic mass is 9.92. The van der Waals surface area contributed by atoms with Crippen LogP contribution in [-0.4, -0.2) is 73.3 Å². The Balaban J connectivity index is 2.64. The quantitative estimate of drug-likeness (QED) is 0.273. The highest BCUT2D eigenvalue weighted by molar-refractivity contribution is 5.90. The Bertz CT molecular complexity index is 521. The largest absolute Gasteiger partial charge is 0.379 e. The molecule has 0 aliphatic carbocycles. The van der Waals surface area contributed by atoms with Gasteiger partial charge in [-0.1, -0.05) is 27.7 Å². The lowest BCUT2D eigenvalue weighted by Crippen LogP contribution is -2.51. The van der Waals surface area contributed by atoms with Crippen molar-refractivity contribution in [3.63, 3.8) is 0 Å². The van der Waals surface area contributed by atoms with Gasteiger partial charge in [-0.2, -0.15) is 0 Å². The van der Waals surface area contributed by atoms with Crippen molar-refractivity contribution in [2.45, 2.75) is 53.0 Å². The van der Waals surface area contributed by atoms with Crippen LogP contribution in [0.4, 0.5) is 0 Å². The van der Waals surface area contributed by atoms with Gasteiger partial charge in [-0.3, -0.25) is 24.5 Å². The SMILES string of the molecule is CC(C)C[C@H](CC(=O)NO)C(=O)N[C@@H](CC(C)C)C(=O)NCCN1CCOCC1. The highest BCUT2D eigenvalue weighted by Gasteiger charge is 2.28. The summed E-state index contributed by atoms with van der Waals surface area (Å²) in [6.07, 6.45) is 0.885. The molecule has 3 amide bonds.